The average Bonchev–Trinajstić information content (AvgIpc) is 3.26. The Morgan fingerprint density at radius 2 is 1.97 bits per heavy atom. The number of nitrogens with one attached hydrogen (secondary N) is 2. The summed E-state index contributed by atoms with van der Waals surface area (Å²) in [5, 5.41) is 4.84. The van der Waals surface area contributed by atoms with Gasteiger partial charge in [0.25, 0.3) is 5.56 Å². The normalized spacial score (nSPS) is 12.2. The second kappa shape index (κ2) is 10.1. The second-order valence-electron chi connectivity index (χ2n) is 8.43. The summed E-state index contributed by atoms with van der Waals surface area (Å²) in [5.41, 5.74) is 2.29. The van der Waals surface area contributed by atoms with Crippen molar-refractivity contribution in [2.75, 3.05) is 19.9 Å². The lowest BCUT2D eigenvalue weighted by molar-refractivity contribution is 0.174. The molecule has 1 aromatic heterocycles. The number of hydrogen-bond donors (Lipinski definition) is 2. The van der Waals surface area contributed by atoms with E-state index in [2.05, 4.69) is 24.1 Å². The van der Waals surface area contributed by atoms with Crippen LogP contribution in [0.3, 0.4) is 0 Å². The molecule has 0 amide bonds. The van der Waals surface area contributed by atoms with Crippen LogP contribution in [0, 0.1) is 5.92 Å². The molecule has 1 aliphatic heterocycles. The minimum absolute atomic E-state index is 0.131. The molecule has 33 heavy (non-hydrogen) atoms. The predicted octanol–water partition coefficient (Wildman–Crippen LogP) is 4.19. The van der Waals surface area contributed by atoms with Crippen molar-refractivity contribution in [2.24, 2.45) is 5.92 Å². The van der Waals surface area contributed by atoms with Crippen LogP contribution in [0.25, 0.3) is 10.9 Å². The van der Waals surface area contributed by atoms with Crippen molar-refractivity contribution < 1.29 is 14.2 Å². The second-order valence-corrected chi connectivity index (χ2v) is 8.82. The molecule has 0 fully saturated rings. The van der Waals surface area contributed by atoms with Crippen molar-refractivity contribution in [2.45, 2.75) is 33.9 Å². The van der Waals surface area contributed by atoms with E-state index < -0.39 is 0 Å². The van der Waals surface area contributed by atoms with Crippen molar-refractivity contribution in [3.8, 4) is 17.2 Å². The number of hydrogen-bond acceptors (Lipinski definition) is 5. The van der Waals surface area contributed by atoms with Gasteiger partial charge in [-0.25, -0.2) is 0 Å². The van der Waals surface area contributed by atoms with E-state index in [0.717, 1.165) is 40.3 Å². The molecule has 2 aromatic carbocycles. The molecule has 7 nitrogen and oxygen atoms in total. The van der Waals surface area contributed by atoms with Crippen molar-refractivity contribution in [3.05, 3.63) is 63.9 Å². The Balaban J connectivity index is 1.62. The molecule has 0 aliphatic carbocycles. The summed E-state index contributed by atoms with van der Waals surface area (Å²) in [6, 6.07) is 13.4. The van der Waals surface area contributed by atoms with E-state index in [1.807, 2.05) is 54.3 Å². The molecule has 0 spiro atoms. The summed E-state index contributed by atoms with van der Waals surface area (Å²) in [6.45, 7) is 8.65. The number of ether oxygens (including phenoxy) is 3. The third kappa shape index (κ3) is 5.57. The molecule has 2 N–H and O–H groups in total. The van der Waals surface area contributed by atoms with Crippen LogP contribution < -0.4 is 25.1 Å². The smallest absolute Gasteiger partial charge is 0.253 e. The molecule has 0 atom stereocenters. The first kappa shape index (κ1) is 22.9. The molecule has 0 bridgehead atoms. The highest BCUT2D eigenvalue weighted by Gasteiger charge is 2.18. The van der Waals surface area contributed by atoms with Gasteiger partial charge < -0.3 is 29.4 Å². The number of rotatable bonds is 8. The number of fused-ring (bicyclic) bond motifs is 2. The molecule has 2 heterocycles. The molecular formula is C25H29N3O4S. The molecule has 1 aliphatic rings. The fourth-order valence-electron chi connectivity index (χ4n) is 3.67. The fraction of sp³-hybridized carbons (Fsp3) is 0.360. The highest BCUT2D eigenvalue weighted by molar-refractivity contribution is 7.80. The van der Waals surface area contributed by atoms with E-state index in [1.165, 1.54) is 0 Å². The van der Waals surface area contributed by atoms with Gasteiger partial charge in [0.05, 0.1) is 13.2 Å². The van der Waals surface area contributed by atoms with Gasteiger partial charge in [-0.1, -0.05) is 19.9 Å². The molecule has 0 unspecified atom stereocenters. The topological polar surface area (TPSA) is 75.8 Å². The van der Waals surface area contributed by atoms with Crippen molar-refractivity contribution >= 4 is 28.2 Å². The molecule has 0 saturated heterocycles. The summed E-state index contributed by atoms with van der Waals surface area (Å²) in [5.74, 6) is 2.67. The maximum atomic E-state index is 12.9. The van der Waals surface area contributed by atoms with Crippen LogP contribution in [0.2, 0.25) is 0 Å². The van der Waals surface area contributed by atoms with Gasteiger partial charge >= 0.3 is 0 Å². The van der Waals surface area contributed by atoms with Crippen molar-refractivity contribution in [3.63, 3.8) is 0 Å². The maximum absolute atomic E-state index is 12.9. The lowest BCUT2D eigenvalue weighted by Gasteiger charge is -2.26. The number of aromatic nitrogens is 1. The number of pyridine rings is 1. The Bertz CT molecular complexity index is 1210. The van der Waals surface area contributed by atoms with E-state index in [1.54, 1.807) is 0 Å². The summed E-state index contributed by atoms with van der Waals surface area (Å²) >= 11 is 5.71. The highest BCUT2D eigenvalue weighted by atomic mass is 32.1. The Labute approximate surface area is 198 Å². The van der Waals surface area contributed by atoms with Crippen LogP contribution in [0.1, 0.15) is 31.9 Å². The van der Waals surface area contributed by atoms with E-state index >= 15 is 0 Å². The molecule has 0 radical (unpaired) electrons. The van der Waals surface area contributed by atoms with E-state index in [0.29, 0.717) is 36.3 Å². The Morgan fingerprint density at radius 3 is 2.76 bits per heavy atom. The summed E-state index contributed by atoms with van der Waals surface area (Å²) < 4.78 is 16.6. The zero-order valence-corrected chi connectivity index (χ0v) is 20.0. The zero-order chi connectivity index (χ0) is 23.4. The van der Waals surface area contributed by atoms with Gasteiger partial charge in [0.15, 0.2) is 16.6 Å². The largest absolute Gasteiger partial charge is 0.494 e. The lowest BCUT2D eigenvalue weighted by Crippen LogP contribution is -2.41. The lowest BCUT2D eigenvalue weighted by atomic mass is 10.1. The first-order valence-electron chi connectivity index (χ1n) is 11.1. The fourth-order valence-corrected chi connectivity index (χ4v) is 3.88. The molecule has 3 aromatic rings. The molecule has 0 saturated carbocycles. The van der Waals surface area contributed by atoms with Gasteiger partial charge in [-0.05, 0) is 67.0 Å². The highest BCUT2D eigenvalue weighted by Crippen LogP contribution is 2.33. The first-order valence-corrected chi connectivity index (χ1v) is 11.5. The average molecular weight is 468 g/mol. The van der Waals surface area contributed by atoms with Crippen LogP contribution in [0.15, 0.2) is 47.3 Å². The van der Waals surface area contributed by atoms with Crippen LogP contribution in [-0.2, 0) is 13.1 Å². The molecule has 8 heteroatoms. The SMILES string of the molecule is CCOc1ccc2[nH]c(=O)c(CN(Cc3ccc4c(c3)OCO4)C(=S)NCC(C)C)cc2c1. The van der Waals surface area contributed by atoms with Crippen LogP contribution in [-0.4, -0.2) is 34.9 Å². The number of benzene rings is 2. The Morgan fingerprint density at radius 1 is 1.15 bits per heavy atom. The van der Waals surface area contributed by atoms with Gasteiger partial charge in [0.1, 0.15) is 5.75 Å². The van der Waals surface area contributed by atoms with Gasteiger partial charge in [-0.3, -0.25) is 4.79 Å². The Hall–Kier alpha value is -3.26. The Kier molecular flexibility index (Phi) is 7.03. The van der Waals surface area contributed by atoms with E-state index in [4.69, 9.17) is 26.4 Å². The molecule has 4 rings (SSSR count). The molecular weight excluding hydrogens is 438 g/mol. The summed E-state index contributed by atoms with van der Waals surface area (Å²) in [7, 11) is 0. The summed E-state index contributed by atoms with van der Waals surface area (Å²) in [6.07, 6.45) is 0. The van der Waals surface area contributed by atoms with Gasteiger partial charge in [-0.2, -0.15) is 0 Å². The van der Waals surface area contributed by atoms with Gasteiger partial charge in [0.2, 0.25) is 6.79 Å². The monoisotopic (exact) mass is 467 g/mol. The summed E-state index contributed by atoms with van der Waals surface area (Å²) in [4.78, 5) is 17.8. The predicted molar refractivity (Wildman–Crippen MR) is 133 cm³/mol. The van der Waals surface area contributed by atoms with Crippen LogP contribution in [0.4, 0.5) is 0 Å². The van der Waals surface area contributed by atoms with Gasteiger partial charge in [-0.15, -0.1) is 0 Å². The quantitative estimate of drug-likeness (QED) is 0.481. The van der Waals surface area contributed by atoms with Gasteiger partial charge in [0, 0.05) is 29.6 Å². The third-order valence-corrected chi connectivity index (χ3v) is 5.73. The zero-order valence-electron chi connectivity index (χ0n) is 19.1. The maximum Gasteiger partial charge on any atom is 0.253 e. The van der Waals surface area contributed by atoms with E-state index in [-0.39, 0.29) is 12.4 Å². The van der Waals surface area contributed by atoms with E-state index in [9.17, 15) is 4.79 Å². The van der Waals surface area contributed by atoms with Crippen LogP contribution in [0.5, 0.6) is 17.2 Å². The third-order valence-electron chi connectivity index (χ3n) is 5.32. The molecule has 174 valence electrons. The number of nitrogens with zero attached hydrogens (tertiary/aromatic N) is 1. The number of thiocarbonyl (C=S) groups is 1. The van der Waals surface area contributed by atoms with Crippen molar-refractivity contribution in [1.29, 1.82) is 0 Å². The van der Waals surface area contributed by atoms with Crippen molar-refractivity contribution in [1.82, 2.24) is 15.2 Å². The minimum Gasteiger partial charge on any atom is -0.494 e. The minimum atomic E-state index is -0.131. The number of aromatic amines is 1. The number of H-pyrrole nitrogens is 1. The van der Waals surface area contributed by atoms with Crippen LogP contribution >= 0.6 is 12.2 Å². The standard InChI is InChI=1S/C25H29N3O4S/c1-4-30-20-6-7-21-18(11-20)10-19(24(29)27-21)14-28(25(33)26-12-16(2)3)13-17-5-8-22-23(9-17)32-15-31-22/h5-11,16H,4,12-15H2,1-3H3,(H,26,33)(H,27,29). The first-order chi connectivity index (χ1) is 15.9.